The van der Waals surface area contributed by atoms with E-state index in [1.54, 1.807) is 7.11 Å². The van der Waals surface area contributed by atoms with E-state index in [-0.39, 0.29) is 6.04 Å². The first kappa shape index (κ1) is 22.5. The van der Waals surface area contributed by atoms with E-state index in [4.69, 9.17) is 21.1 Å². The highest BCUT2D eigenvalue weighted by Gasteiger charge is 2.23. The highest BCUT2D eigenvalue weighted by Crippen LogP contribution is 2.24. The second-order valence-corrected chi connectivity index (χ2v) is 7.92. The van der Waals surface area contributed by atoms with Crippen LogP contribution in [-0.2, 0) is 18.3 Å². The van der Waals surface area contributed by atoms with Gasteiger partial charge in [0.15, 0.2) is 5.96 Å². The molecule has 2 aromatic rings. The van der Waals surface area contributed by atoms with Crippen LogP contribution in [0.25, 0.3) is 0 Å². The third-order valence-corrected chi connectivity index (χ3v) is 5.69. The Labute approximate surface area is 184 Å². The molecular weight excluding hydrogens is 402 g/mol. The Bertz CT molecular complexity index is 831. The van der Waals surface area contributed by atoms with Gasteiger partial charge in [0.25, 0.3) is 0 Å². The van der Waals surface area contributed by atoms with E-state index in [1.807, 2.05) is 50.1 Å². The average Bonchev–Trinajstić information content (AvgIpc) is 3.08. The monoisotopic (exact) mass is 433 g/mol. The quantitative estimate of drug-likeness (QED) is 0.537. The van der Waals surface area contributed by atoms with Gasteiger partial charge in [-0.1, -0.05) is 23.7 Å². The van der Waals surface area contributed by atoms with Gasteiger partial charge in [0.1, 0.15) is 5.75 Å². The number of aryl methyl sites for hydroxylation is 1. The van der Waals surface area contributed by atoms with E-state index in [0.29, 0.717) is 6.54 Å². The van der Waals surface area contributed by atoms with E-state index in [0.717, 1.165) is 55.3 Å². The van der Waals surface area contributed by atoms with Gasteiger partial charge in [0.2, 0.25) is 0 Å². The van der Waals surface area contributed by atoms with Crippen molar-refractivity contribution in [1.82, 2.24) is 19.7 Å². The van der Waals surface area contributed by atoms with E-state index >= 15 is 0 Å². The van der Waals surface area contributed by atoms with Crippen LogP contribution in [0.15, 0.2) is 41.5 Å². The zero-order chi connectivity index (χ0) is 21.5. The molecule has 1 saturated heterocycles. The first-order valence-electron chi connectivity index (χ1n) is 10.2. The predicted octanol–water partition coefficient (Wildman–Crippen LogP) is 2.77. The Hall–Kier alpha value is -2.22. The van der Waals surface area contributed by atoms with E-state index in [2.05, 4.69) is 32.2 Å². The Morgan fingerprint density at radius 1 is 1.30 bits per heavy atom. The molecule has 1 atom stereocenters. The lowest BCUT2D eigenvalue weighted by Crippen LogP contribution is -2.46. The summed E-state index contributed by atoms with van der Waals surface area (Å²) in [6.07, 6.45) is 1.92. The standard InChI is InChI=1S/C22H32ClN5O2/c1-24-22(27(3)16-19-13-18(23)15-26(19)2)25-14-21(28-9-11-30-12-10-28)17-5-7-20(29-4)8-6-17/h5-8,13,15,21H,9-12,14,16H2,1-4H3,(H,24,25). The lowest BCUT2D eigenvalue weighted by atomic mass is 10.0. The van der Waals surface area contributed by atoms with E-state index in [1.165, 1.54) is 5.56 Å². The second kappa shape index (κ2) is 10.7. The minimum absolute atomic E-state index is 0.217. The third-order valence-electron chi connectivity index (χ3n) is 5.49. The van der Waals surface area contributed by atoms with Gasteiger partial charge in [-0.2, -0.15) is 0 Å². The molecule has 0 spiro atoms. The Kier molecular flexibility index (Phi) is 8.01. The molecule has 2 heterocycles. The molecule has 0 bridgehead atoms. The van der Waals surface area contributed by atoms with Crippen LogP contribution < -0.4 is 10.1 Å². The van der Waals surface area contributed by atoms with Gasteiger partial charge in [-0.3, -0.25) is 9.89 Å². The summed E-state index contributed by atoms with van der Waals surface area (Å²) in [6, 6.07) is 10.5. The summed E-state index contributed by atoms with van der Waals surface area (Å²) >= 11 is 6.13. The number of aliphatic imine (C=N–C) groups is 1. The highest BCUT2D eigenvalue weighted by atomic mass is 35.5. The van der Waals surface area contributed by atoms with Gasteiger partial charge in [-0.05, 0) is 23.8 Å². The third kappa shape index (κ3) is 5.68. The summed E-state index contributed by atoms with van der Waals surface area (Å²) in [5, 5.41) is 4.31. The van der Waals surface area contributed by atoms with Gasteiger partial charge in [0.05, 0.1) is 37.9 Å². The van der Waals surface area contributed by atoms with Crippen molar-refractivity contribution >= 4 is 17.6 Å². The molecule has 164 valence electrons. The van der Waals surface area contributed by atoms with Crippen molar-refractivity contribution in [1.29, 1.82) is 0 Å². The first-order chi connectivity index (χ1) is 14.5. The van der Waals surface area contributed by atoms with Gasteiger partial charge >= 0.3 is 0 Å². The molecular formula is C22H32ClN5O2. The van der Waals surface area contributed by atoms with Crippen LogP contribution in [0.2, 0.25) is 5.02 Å². The SMILES string of the molecule is CN=C(NCC(c1ccc(OC)cc1)N1CCOCC1)N(C)Cc1cc(Cl)cn1C. The Balaban J connectivity index is 1.70. The van der Waals surface area contributed by atoms with Crippen LogP contribution in [-0.4, -0.2) is 74.4 Å². The van der Waals surface area contributed by atoms with Crippen LogP contribution in [0.3, 0.4) is 0 Å². The molecule has 3 rings (SSSR count). The fraction of sp³-hybridized carbons (Fsp3) is 0.500. The number of nitrogens with one attached hydrogen (secondary N) is 1. The molecule has 8 heteroatoms. The summed E-state index contributed by atoms with van der Waals surface area (Å²) in [5.74, 6) is 1.71. The average molecular weight is 434 g/mol. The minimum Gasteiger partial charge on any atom is -0.497 e. The van der Waals surface area contributed by atoms with Gasteiger partial charge in [0, 0.05) is 52.7 Å². The molecule has 1 aliphatic heterocycles. The van der Waals surface area contributed by atoms with Crippen molar-refractivity contribution < 1.29 is 9.47 Å². The molecule has 0 aliphatic carbocycles. The van der Waals surface area contributed by atoms with Crippen LogP contribution in [0.5, 0.6) is 5.75 Å². The molecule has 1 unspecified atom stereocenters. The van der Waals surface area contributed by atoms with Crippen molar-refractivity contribution in [3.8, 4) is 5.75 Å². The van der Waals surface area contributed by atoms with E-state index < -0.39 is 0 Å². The summed E-state index contributed by atoms with van der Waals surface area (Å²) in [5.41, 5.74) is 2.38. The molecule has 7 nitrogen and oxygen atoms in total. The van der Waals surface area contributed by atoms with Crippen molar-refractivity contribution in [2.75, 3.05) is 54.1 Å². The van der Waals surface area contributed by atoms with Crippen LogP contribution in [0.1, 0.15) is 17.3 Å². The summed E-state index contributed by atoms with van der Waals surface area (Å²) in [6.45, 7) is 4.80. The number of benzene rings is 1. The van der Waals surface area contributed by atoms with Crippen LogP contribution in [0, 0.1) is 0 Å². The molecule has 1 aromatic carbocycles. The lowest BCUT2D eigenvalue weighted by Gasteiger charge is -2.35. The zero-order valence-electron chi connectivity index (χ0n) is 18.3. The fourth-order valence-electron chi connectivity index (χ4n) is 3.79. The van der Waals surface area contributed by atoms with Crippen LogP contribution in [0.4, 0.5) is 0 Å². The van der Waals surface area contributed by atoms with Gasteiger partial charge in [-0.25, -0.2) is 0 Å². The molecule has 30 heavy (non-hydrogen) atoms. The number of morpholine rings is 1. The van der Waals surface area contributed by atoms with Crippen molar-refractivity contribution in [2.45, 2.75) is 12.6 Å². The fourth-order valence-corrected chi connectivity index (χ4v) is 4.06. The number of nitrogens with zero attached hydrogens (tertiary/aromatic N) is 4. The normalized spacial score (nSPS) is 16.4. The molecule has 0 amide bonds. The smallest absolute Gasteiger partial charge is 0.193 e. The Morgan fingerprint density at radius 3 is 2.57 bits per heavy atom. The van der Waals surface area contributed by atoms with Crippen molar-refractivity contribution in [2.24, 2.45) is 12.0 Å². The van der Waals surface area contributed by atoms with Crippen molar-refractivity contribution in [3.05, 3.63) is 52.8 Å². The maximum Gasteiger partial charge on any atom is 0.193 e. The summed E-state index contributed by atoms with van der Waals surface area (Å²) in [4.78, 5) is 9.05. The first-order valence-corrected chi connectivity index (χ1v) is 10.6. The predicted molar refractivity (Wildman–Crippen MR) is 121 cm³/mol. The number of aromatic nitrogens is 1. The zero-order valence-corrected chi connectivity index (χ0v) is 19.0. The van der Waals surface area contributed by atoms with Gasteiger partial charge < -0.3 is 24.3 Å². The lowest BCUT2D eigenvalue weighted by molar-refractivity contribution is 0.0169. The summed E-state index contributed by atoms with van der Waals surface area (Å²) < 4.78 is 12.9. The van der Waals surface area contributed by atoms with Crippen LogP contribution >= 0.6 is 11.6 Å². The molecule has 1 fully saturated rings. The molecule has 0 saturated carbocycles. The summed E-state index contributed by atoms with van der Waals surface area (Å²) in [7, 11) is 7.54. The molecule has 0 radical (unpaired) electrons. The minimum atomic E-state index is 0.217. The number of methoxy groups -OCH3 is 1. The van der Waals surface area contributed by atoms with E-state index in [9.17, 15) is 0 Å². The second-order valence-electron chi connectivity index (χ2n) is 7.48. The highest BCUT2D eigenvalue weighted by molar-refractivity contribution is 6.30. The number of hydrogen-bond acceptors (Lipinski definition) is 4. The number of guanidine groups is 1. The van der Waals surface area contributed by atoms with Crippen molar-refractivity contribution in [3.63, 3.8) is 0 Å². The number of hydrogen-bond donors (Lipinski definition) is 1. The number of halogens is 1. The Morgan fingerprint density at radius 2 is 2.00 bits per heavy atom. The topological polar surface area (TPSA) is 54.3 Å². The molecule has 1 aliphatic rings. The maximum atomic E-state index is 6.13. The molecule has 1 N–H and O–H groups in total. The van der Waals surface area contributed by atoms with Gasteiger partial charge in [-0.15, -0.1) is 0 Å². The molecule has 1 aromatic heterocycles. The maximum absolute atomic E-state index is 6.13. The number of ether oxygens (including phenoxy) is 2. The largest absolute Gasteiger partial charge is 0.497 e. The number of rotatable bonds is 7.